The highest BCUT2D eigenvalue weighted by molar-refractivity contribution is 7.89. The lowest BCUT2D eigenvalue weighted by Gasteiger charge is -2.24. The van der Waals surface area contributed by atoms with Crippen molar-refractivity contribution in [1.29, 1.82) is 0 Å². The van der Waals surface area contributed by atoms with Crippen LogP contribution in [0.1, 0.15) is 25.3 Å². The molecular formula is C13H22N4O2S. The molecule has 2 fully saturated rings. The molecule has 2 aliphatic rings. The Labute approximate surface area is 120 Å². The van der Waals surface area contributed by atoms with Gasteiger partial charge in [0, 0.05) is 50.5 Å². The van der Waals surface area contributed by atoms with E-state index in [0.29, 0.717) is 12.6 Å². The Kier molecular flexibility index (Phi) is 3.60. The number of nitrogens with zero attached hydrogens (tertiary/aromatic N) is 4. The van der Waals surface area contributed by atoms with Gasteiger partial charge in [0.1, 0.15) is 0 Å². The van der Waals surface area contributed by atoms with Crippen molar-refractivity contribution in [2.24, 2.45) is 7.05 Å². The van der Waals surface area contributed by atoms with E-state index in [4.69, 9.17) is 0 Å². The summed E-state index contributed by atoms with van der Waals surface area (Å²) in [5.74, 6) is 0.207. The van der Waals surface area contributed by atoms with Gasteiger partial charge in [-0.05, 0) is 19.8 Å². The average Bonchev–Trinajstić information content (AvgIpc) is 3.08. The summed E-state index contributed by atoms with van der Waals surface area (Å²) < 4.78 is 27.8. The fourth-order valence-electron chi connectivity index (χ4n) is 3.53. The maximum absolute atomic E-state index is 12.1. The maximum Gasteiger partial charge on any atom is 0.214 e. The van der Waals surface area contributed by atoms with Gasteiger partial charge in [-0.15, -0.1) is 0 Å². The van der Waals surface area contributed by atoms with E-state index in [9.17, 15) is 8.42 Å². The normalized spacial score (nSPS) is 28.1. The minimum atomic E-state index is -3.05. The molecular weight excluding hydrogens is 276 g/mol. The Morgan fingerprint density at radius 2 is 2.05 bits per heavy atom. The van der Waals surface area contributed by atoms with Crippen molar-refractivity contribution >= 4 is 10.0 Å². The number of hydrogen-bond acceptors (Lipinski definition) is 4. The first kappa shape index (κ1) is 14.0. The molecule has 2 saturated heterocycles. The van der Waals surface area contributed by atoms with Crippen LogP contribution in [0.2, 0.25) is 0 Å². The summed E-state index contributed by atoms with van der Waals surface area (Å²) >= 11 is 0. The molecule has 1 aromatic rings. The summed E-state index contributed by atoms with van der Waals surface area (Å²) in [6.07, 6.45) is 5.82. The van der Waals surface area contributed by atoms with Gasteiger partial charge in [-0.1, -0.05) is 0 Å². The lowest BCUT2D eigenvalue weighted by atomic mass is 10.1. The summed E-state index contributed by atoms with van der Waals surface area (Å²) in [5, 5.41) is 4.20. The average molecular weight is 298 g/mol. The first-order valence-electron chi connectivity index (χ1n) is 7.22. The van der Waals surface area contributed by atoms with Crippen molar-refractivity contribution in [1.82, 2.24) is 19.0 Å². The zero-order chi connectivity index (χ0) is 14.3. The van der Waals surface area contributed by atoms with Crippen LogP contribution >= 0.6 is 0 Å². The van der Waals surface area contributed by atoms with Gasteiger partial charge in [-0.3, -0.25) is 9.58 Å². The summed E-state index contributed by atoms with van der Waals surface area (Å²) in [5.41, 5.74) is 1.20. The Bertz CT molecular complexity index is 583. The summed E-state index contributed by atoms with van der Waals surface area (Å²) in [7, 11) is -1.14. The predicted octanol–water partition coefficient (Wildman–Crippen LogP) is 0.418. The molecule has 3 rings (SSSR count). The van der Waals surface area contributed by atoms with Crippen LogP contribution in [0, 0.1) is 0 Å². The minimum Gasteiger partial charge on any atom is -0.294 e. The number of aryl methyl sites for hydroxylation is 1. The first-order chi connectivity index (χ1) is 9.51. The SMILES string of the molecule is CCS(=O)(=O)N1CC[C@H]2[C@H]1CCN2Cc1cnn(C)c1. The molecule has 1 aromatic heterocycles. The Hall–Kier alpha value is -0.920. The molecule has 6 nitrogen and oxygen atoms in total. The molecule has 0 bridgehead atoms. The maximum atomic E-state index is 12.1. The second kappa shape index (κ2) is 5.13. The second-order valence-electron chi connectivity index (χ2n) is 5.72. The fraction of sp³-hybridized carbons (Fsp3) is 0.769. The number of aromatic nitrogens is 2. The van der Waals surface area contributed by atoms with Gasteiger partial charge in [0.15, 0.2) is 0 Å². The zero-order valence-electron chi connectivity index (χ0n) is 12.1. The molecule has 3 heterocycles. The Morgan fingerprint density at radius 1 is 1.30 bits per heavy atom. The highest BCUT2D eigenvalue weighted by atomic mass is 32.2. The van der Waals surface area contributed by atoms with Gasteiger partial charge in [-0.2, -0.15) is 9.40 Å². The van der Waals surface area contributed by atoms with Crippen LogP contribution in [0.25, 0.3) is 0 Å². The molecule has 2 aliphatic heterocycles. The third-order valence-electron chi connectivity index (χ3n) is 4.51. The van der Waals surface area contributed by atoms with Crippen molar-refractivity contribution in [3.63, 3.8) is 0 Å². The quantitative estimate of drug-likeness (QED) is 0.808. The molecule has 20 heavy (non-hydrogen) atoms. The van der Waals surface area contributed by atoms with Crippen molar-refractivity contribution in [3.8, 4) is 0 Å². The monoisotopic (exact) mass is 298 g/mol. The van der Waals surface area contributed by atoms with Crippen LogP contribution in [0.5, 0.6) is 0 Å². The first-order valence-corrected chi connectivity index (χ1v) is 8.83. The van der Waals surface area contributed by atoms with Crippen LogP contribution in [-0.2, 0) is 23.6 Å². The Balaban J connectivity index is 1.71. The van der Waals surface area contributed by atoms with Gasteiger partial charge in [0.05, 0.1) is 11.9 Å². The van der Waals surface area contributed by atoms with E-state index in [1.54, 1.807) is 11.2 Å². The molecule has 0 unspecified atom stereocenters. The molecule has 7 heteroatoms. The molecule has 112 valence electrons. The topological polar surface area (TPSA) is 58.4 Å². The highest BCUT2D eigenvalue weighted by Crippen LogP contribution is 2.34. The van der Waals surface area contributed by atoms with E-state index >= 15 is 0 Å². The summed E-state index contributed by atoms with van der Waals surface area (Å²) in [6, 6.07) is 0.549. The molecule has 0 N–H and O–H groups in total. The van der Waals surface area contributed by atoms with Crippen LogP contribution in [0.15, 0.2) is 12.4 Å². The van der Waals surface area contributed by atoms with E-state index in [0.717, 1.165) is 25.9 Å². The van der Waals surface area contributed by atoms with E-state index in [1.165, 1.54) is 5.56 Å². The van der Waals surface area contributed by atoms with Crippen molar-refractivity contribution < 1.29 is 8.42 Å². The number of sulfonamides is 1. The van der Waals surface area contributed by atoms with Crippen LogP contribution in [-0.4, -0.2) is 58.3 Å². The largest absolute Gasteiger partial charge is 0.294 e. The third-order valence-corrected chi connectivity index (χ3v) is 6.40. The number of hydrogen-bond donors (Lipinski definition) is 0. The van der Waals surface area contributed by atoms with Gasteiger partial charge < -0.3 is 0 Å². The molecule has 0 aromatic carbocycles. The summed E-state index contributed by atoms with van der Waals surface area (Å²) in [4.78, 5) is 2.41. The molecule has 2 atom stereocenters. The number of likely N-dealkylation sites (tertiary alicyclic amines) is 1. The van der Waals surface area contributed by atoms with Crippen LogP contribution < -0.4 is 0 Å². The van der Waals surface area contributed by atoms with Gasteiger partial charge in [0.25, 0.3) is 0 Å². The van der Waals surface area contributed by atoms with Crippen molar-refractivity contribution in [2.45, 2.75) is 38.4 Å². The predicted molar refractivity (Wildman–Crippen MR) is 76.6 cm³/mol. The molecule has 0 spiro atoms. The standard InChI is InChI=1S/C13H22N4O2S/c1-3-20(18,19)17-7-5-12-13(17)4-6-16(12)10-11-8-14-15(2)9-11/h8-9,12-13H,3-7,10H2,1-2H3/t12-,13+/m0/s1. The van der Waals surface area contributed by atoms with E-state index in [-0.39, 0.29) is 11.8 Å². The van der Waals surface area contributed by atoms with Crippen molar-refractivity contribution in [2.75, 3.05) is 18.8 Å². The fourth-order valence-corrected chi connectivity index (χ4v) is 4.91. The summed E-state index contributed by atoms with van der Waals surface area (Å²) in [6.45, 7) is 4.25. The van der Waals surface area contributed by atoms with Gasteiger partial charge in [-0.25, -0.2) is 8.42 Å². The smallest absolute Gasteiger partial charge is 0.214 e. The molecule has 0 amide bonds. The van der Waals surface area contributed by atoms with Crippen LogP contribution in [0.4, 0.5) is 0 Å². The van der Waals surface area contributed by atoms with Crippen molar-refractivity contribution in [3.05, 3.63) is 18.0 Å². The van der Waals surface area contributed by atoms with Crippen LogP contribution in [0.3, 0.4) is 0 Å². The minimum absolute atomic E-state index is 0.177. The van der Waals surface area contributed by atoms with E-state index in [2.05, 4.69) is 10.00 Å². The Morgan fingerprint density at radius 3 is 2.70 bits per heavy atom. The van der Waals surface area contributed by atoms with E-state index < -0.39 is 10.0 Å². The molecule has 0 aliphatic carbocycles. The number of rotatable bonds is 4. The number of fused-ring (bicyclic) bond motifs is 1. The second-order valence-corrected chi connectivity index (χ2v) is 7.93. The zero-order valence-corrected chi connectivity index (χ0v) is 12.9. The van der Waals surface area contributed by atoms with Gasteiger partial charge in [0.2, 0.25) is 10.0 Å². The highest BCUT2D eigenvalue weighted by Gasteiger charge is 2.46. The lowest BCUT2D eigenvalue weighted by molar-refractivity contribution is 0.240. The lowest BCUT2D eigenvalue weighted by Crippen LogP contribution is -2.40. The third kappa shape index (κ3) is 2.38. The molecule has 0 radical (unpaired) electrons. The van der Waals surface area contributed by atoms with E-state index in [1.807, 2.05) is 24.1 Å². The molecule has 0 saturated carbocycles. The van der Waals surface area contributed by atoms with Gasteiger partial charge >= 0.3 is 0 Å².